The predicted octanol–water partition coefficient (Wildman–Crippen LogP) is 2.60. The highest BCUT2D eigenvalue weighted by molar-refractivity contribution is 14.0. The average molecular weight is 440 g/mol. The number of aromatic nitrogens is 1. The first-order valence-corrected chi connectivity index (χ1v) is 7.50. The van der Waals surface area contributed by atoms with Crippen molar-refractivity contribution in [2.24, 2.45) is 4.99 Å². The topological polar surface area (TPSA) is 67.8 Å². The smallest absolute Gasteiger partial charge is 0.231 e. The molecule has 1 aromatic carbocycles. The molecule has 3 rings (SSSR count). The van der Waals surface area contributed by atoms with Crippen molar-refractivity contribution in [3.63, 3.8) is 0 Å². The molecule has 0 saturated carbocycles. The Bertz CT molecular complexity index is 721. The molecule has 1 aromatic heterocycles. The maximum atomic E-state index is 5.38. The van der Waals surface area contributed by atoms with Crippen molar-refractivity contribution in [2.75, 3.05) is 13.8 Å². The van der Waals surface area contributed by atoms with Crippen LogP contribution in [-0.4, -0.2) is 24.8 Å². The van der Waals surface area contributed by atoms with E-state index < -0.39 is 0 Å². The van der Waals surface area contributed by atoms with Crippen molar-refractivity contribution in [3.8, 4) is 11.5 Å². The zero-order valence-electron chi connectivity index (χ0n) is 13.7. The van der Waals surface area contributed by atoms with Gasteiger partial charge < -0.3 is 20.1 Å². The van der Waals surface area contributed by atoms with Crippen molar-refractivity contribution in [2.45, 2.75) is 20.0 Å². The highest BCUT2D eigenvalue weighted by atomic mass is 127. The largest absolute Gasteiger partial charge is 0.454 e. The number of aryl methyl sites for hydroxylation is 1. The molecule has 2 heterocycles. The van der Waals surface area contributed by atoms with Crippen LogP contribution in [0, 0.1) is 6.92 Å². The normalized spacial score (nSPS) is 12.5. The van der Waals surface area contributed by atoms with Crippen molar-refractivity contribution in [1.29, 1.82) is 0 Å². The second-order valence-electron chi connectivity index (χ2n) is 5.24. The van der Waals surface area contributed by atoms with Crippen LogP contribution in [0.15, 0.2) is 41.4 Å². The van der Waals surface area contributed by atoms with E-state index in [1.54, 1.807) is 7.05 Å². The van der Waals surface area contributed by atoms with Gasteiger partial charge in [-0.1, -0.05) is 12.1 Å². The van der Waals surface area contributed by atoms with Crippen LogP contribution in [0.5, 0.6) is 11.5 Å². The average Bonchev–Trinajstić information content (AvgIpc) is 3.03. The van der Waals surface area contributed by atoms with E-state index in [1.807, 2.05) is 43.3 Å². The molecule has 24 heavy (non-hydrogen) atoms. The molecular formula is C17H21IN4O2. The molecule has 0 radical (unpaired) electrons. The van der Waals surface area contributed by atoms with E-state index in [0.717, 1.165) is 34.4 Å². The van der Waals surface area contributed by atoms with Gasteiger partial charge in [-0.2, -0.15) is 0 Å². The van der Waals surface area contributed by atoms with Crippen LogP contribution in [0.3, 0.4) is 0 Å². The van der Waals surface area contributed by atoms with Crippen LogP contribution in [0.1, 0.15) is 17.0 Å². The SMILES string of the molecule is CN=C(NCc1ccc2c(c1)OCO2)NCc1cccc(C)n1.I. The third-order valence-electron chi connectivity index (χ3n) is 3.50. The number of nitrogens with zero attached hydrogens (tertiary/aromatic N) is 2. The summed E-state index contributed by atoms with van der Waals surface area (Å²) in [5.41, 5.74) is 3.09. The summed E-state index contributed by atoms with van der Waals surface area (Å²) in [4.78, 5) is 8.69. The molecule has 0 unspecified atom stereocenters. The summed E-state index contributed by atoms with van der Waals surface area (Å²) in [6.45, 7) is 3.55. The van der Waals surface area contributed by atoms with Crippen LogP contribution in [-0.2, 0) is 13.1 Å². The molecule has 0 bridgehead atoms. The number of pyridine rings is 1. The van der Waals surface area contributed by atoms with Crippen molar-refractivity contribution in [3.05, 3.63) is 53.3 Å². The third-order valence-corrected chi connectivity index (χ3v) is 3.50. The highest BCUT2D eigenvalue weighted by Crippen LogP contribution is 2.32. The highest BCUT2D eigenvalue weighted by Gasteiger charge is 2.13. The number of fused-ring (bicyclic) bond motifs is 1. The maximum absolute atomic E-state index is 5.38. The molecule has 2 aromatic rings. The van der Waals surface area contributed by atoms with Gasteiger partial charge >= 0.3 is 0 Å². The molecule has 2 N–H and O–H groups in total. The molecular weight excluding hydrogens is 419 g/mol. The van der Waals surface area contributed by atoms with Gasteiger partial charge in [0.05, 0.1) is 12.2 Å². The van der Waals surface area contributed by atoms with Crippen molar-refractivity contribution < 1.29 is 9.47 Å². The lowest BCUT2D eigenvalue weighted by molar-refractivity contribution is 0.174. The summed E-state index contributed by atoms with van der Waals surface area (Å²) in [5.74, 6) is 2.31. The molecule has 1 aliphatic heterocycles. The predicted molar refractivity (Wildman–Crippen MR) is 104 cm³/mol. The van der Waals surface area contributed by atoms with E-state index in [2.05, 4.69) is 20.6 Å². The minimum Gasteiger partial charge on any atom is -0.454 e. The molecule has 1 aliphatic rings. The number of hydrogen-bond donors (Lipinski definition) is 2. The first-order valence-electron chi connectivity index (χ1n) is 7.50. The van der Waals surface area contributed by atoms with Gasteiger partial charge in [0, 0.05) is 19.3 Å². The summed E-state index contributed by atoms with van der Waals surface area (Å²) in [6, 6.07) is 11.9. The number of nitrogens with one attached hydrogen (secondary N) is 2. The van der Waals surface area contributed by atoms with E-state index in [1.165, 1.54) is 0 Å². The van der Waals surface area contributed by atoms with Gasteiger partial charge in [-0.3, -0.25) is 9.98 Å². The standard InChI is InChI=1S/C17H20N4O2.HI/c1-12-4-3-5-14(21-12)10-20-17(18-2)19-9-13-6-7-15-16(8-13)23-11-22-15;/h3-8H,9-11H2,1-2H3,(H2,18,19,20);1H. The Kier molecular flexibility index (Phi) is 6.65. The van der Waals surface area contributed by atoms with E-state index in [0.29, 0.717) is 19.9 Å². The van der Waals surface area contributed by atoms with E-state index in [9.17, 15) is 0 Å². The van der Waals surface area contributed by atoms with E-state index in [-0.39, 0.29) is 24.0 Å². The fraction of sp³-hybridized carbons (Fsp3) is 0.294. The number of guanidine groups is 1. The molecule has 0 fully saturated rings. The Morgan fingerprint density at radius 2 is 1.92 bits per heavy atom. The molecule has 0 spiro atoms. The second kappa shape index (κ2) is 8.72. The Hall–Kier alpha value is -2.03. The van der Waals surface area contributed by atoms with Crippen LogP contribution < -0.4 is 20.1 Å². The van der Waals surface area contributed by atoms with Gasteiger partial charge in [0.1, 0.15) is 0 Å². The van der Waals surface area contributed by atoms with Gasteiger partial charge in [-0.15, -0.1) is 24.0 Å². The lowest BCUT2D eigenvalue weighted by Gasteiger charge is -2.12. The summed E-state index contributed by atoms with van der Waals surface area (Å²) < 4.78 is 10.7. The Labute approximate surface area is 158 Å². The Morgan fingerprint density at radius 3 is 2.71 bits per heavy atom. The summed E-state index contributed by atoms with van der Waals surface area (Å²) in [6.07, 6.45) is 0. The number of aliphatic imine (C=N–C) groups is 1. The lowest BCUT2D eigenvalue weighted by atomic mass is 10.2. The quantitative estimate of drug-likeness (QED) is 0.435. The fourth-order valence-corrected chi connectivity index (χ4v) is 2.33. The van der Waals surface area contributed by atoms with Gasteiger partial charge in [0.2, 0.25) is 6.79 Å². The van der Waals surface area contributed by atoms with Gasteiger partial charge in [-0.05, 0) is 36.8 Å². The molecule has 7 heteroatoms. The fourth-order valence-electron chi connectivity index (χ4n) is 2.33. The first kappa shape index (κ1) is 18.3. The van der Waals surface area contributed by atoms with Crippen molar-refractivity contribution >= 4 is 29.9 Å². The lowest BCUT2D eigenvalue weighted by Crippen LogP contribution is -2.36. The third kappa shape index (κ3) is 4.73. The number of halogens is 1. The van der Waals surface area contributed by atoms with Crippen LogP contribution >= 0.6 is 24.0 Å². The van der Waals surface area contributed by atoms with Gasteiger partial charge in [0.15, 0.2) is 17.5 Å². The minimum atomic E-state index is 0. The van der Waals surface area contributed by atoms with Gasteiger partial charge in [-0.25, -0.2) is 0 Å². The van der Waals surface area contributed by atoms with E-state index >= 15 is 0 Å². The Morgan fingerprint density at radius 1 is 1.12 bits per heavy atom. The number of rotatable bonds is 4. The zero-order chi connectivity index (χ0) is 16.1. The molecule has 128 valence electrons. The summed E-state index contributed by atoms with van der Waals surface area (Å²) in [5, 5.41) is 6.53. The molecule has 0 saturated heterocycles. The van der Waals surface area contributed by atoms with Crippen LogP contribution in [0.4, 0.5) is 0 Å². The molecule has 0 atom stereocenters. The molecule has 6 nitrogen and oxygen atoms in total. The van der Waals surface area contributed by atoms with Crippen LogP contribution in [0.2, 0.25) is 0 Å². The van der Waals surface area contributed by atoms with E-state index in [4.69, 9.17) is 9.47 Å². The van der Waals surface area contributed by atoms with Crippen LogP contribution in [0.25, 0.3) is 0 Å². The maximum Gasteiger partial charge on any atom is 0.231 e. The monoisotopic (exact) mass is 440 g/mol. The number of benzene rings is 1. The molecule has 0 aliphatic carbocycles. The minimum absolute atomic E-state index is 0. The summed E-state index contributed by atoms with van der Waals surface area (Å²) >= 11 is 0. The van der Waals surface area contributed by atoms with Crippen molar-refractivity contribution in [1.82, 2.24) is 15.6 Å². The second-order valence-corrected chi connectivity index (χ2v) is 5.24. The number of ether oxygens (including phenoxy) is 2. The molecule has 0 amide bonds. The zero-order valence-corrected chi connectivity index (χ0v) is 16.0. The Balaban J connectivity index is 0.00000208. The van der Waals surface area contributed by atoms with Gasteiger partial charge in [0.25, 0.3) is 0 Å². The number of hydrogen-bond acceptors (Lipinski definition) is 4. The first-order chi connectivity index (χ1) is 11.2. The summed E-state index contributed by atoms with van der Waals surface area (Å²) in [7, 11) is 1.75.